The topological polar surface area (TPSA) is 92.3 Å². The first kappa shape index (κ1) is 15.1. The number of rotatable bonds is 6. The number of aromatic nitrogens is 2. The van der Waals surface area contributed by atoms with Crippen molar-refractivity contribution in [3.05, 3.63) is 47.3 Å². The molecule has 110 valence electrons. The summed E-state index contributed by atoms with van der Waals surface area (Å²) in [6.45, 7) is 2.04. The van der Waals surface area contributed by atoms with Gasteiger partial charge in [0, 0.05) is 5.75 Å². The number of hydrogen-bond donors (Lipinski definition) is 2. The summed E-state index contributed by atoms with van der Waals surface area (Å²) in [6.07, 6.45) is 1.42. The van der Waals surface area contributed by atoms with E-state index in [0.717, 1.165) is 5.56 Å². The van der Waals surface area contributed by atoms with E-state index in [1.807, 2.05) is 6.07 Å². The maximum absolute atomic E-state index is 11.5. The van der Waals surface area contributed by atoms with Crippen molar-refractivity contribution >= 4 is 23.7 Å². The monoisotopic (exact) mass is 306 g/mol. The SMILES string of the molecule is CCOC(=O)c1cnc(SCc2cccc(C(=O)O)c2)[nH]1. The van der Waals surface area contributed by atoms with Gasteiger partial charge in [-0.25, -0.2) is 14.6 Å². The summed E-state index contributed by atoms with van der Waals surface area (Å²) in [5.74, 6) is -0.842. The highest BCUT2D eigenvalue weighted by Crippen LogP contribution is 2.20. The summed E-state index contributed by atoms with van der Waals surface area (Å²) < 4.78 is 4.86. The van der Waals surface area contributed by atoms with Gasteiger partial charge in [-0.1, -0.05) is 23.9 Å². The van der Waals surface area contributed by atoms with Gasteiger partial charge in [0.15, 0.2) is 5.16 Å². The van der Waals surface area contributed by atoms with E-state index in [0.29, 0.717) is 23.2 Å². The molecule has 2 rings (SSSR count). The number of hydrogen-bond acceptors (Lipinski definition) is 5. The summed E-state index contributed by atoms with van der Waals surface area (Å²) in [7, 11) is 0. The molecule has 0 radical (unpaired) electrons. The number of imidazole rings is 1. The van der Waals surface area contributed by atoms with Crippen LogP contribution in [-0.2, 0) is 10.5 Å². The molecule has 0 spiro atoms. The number of H-pyrrole nitrogens is 1. The van der Waals surface area contributed by atoms with Crippen LogP contribution >= 0.6 is 11.8 Å². The van der Waals surface area contributed by atoms with Crippen molar-refractivity contribution < 1.29 is 19.4 Å². The molecule has 0 aliphatic carbocycles. The van der Waals surface area contributed by atoms with Crippen LogP contribution in [0.15, 0.2) is 35.6 Å². The molecule has 21 heavy (non-hydrogen) atoms. The van der Waals surface area contributed by atoms with Gasteiger partial charge in [-0.3, -0.25) is 0 Å². The molecule has 0 saturated heterocycles. The quantitative estimate of drug-likeness (QED) is 0.629. The minimum Gasteiger partial charge on any atom is -0.478 e. The Hall–Kier alpha value is -2.28. The third kappa shape index (κ3) is 4.09. The number of ether oxygens (including phenoxy) is 1. The summed E-state index contributed by atoms with van der Waals surface area (Å²) in [5, 5.41) is 9.51. The molecule has 0 aliphatic heterocycles. The number of carbonyl (C=O) groups excluding carboxylic acids is 1. The zero-order valence-electron chi connectivity index (χ0n) is 11.3. The molecule has 2 N–H and O–H groups in total. The van der Waals surface area contributed by atoms with E-state index in [1.54, 1.807) is 25.1 Å². The van der Waals surface area contributed by atoms with E-state index in [9.17, 15) is 9.59 Å². The standard InChI is InChI=1S/C14H14N2O4S/c1-2-20-13(19)11-7-15-14(16-11)21-8-9-4-3-5-10(6-9)12(17)18/h3-7H,2,8H2,1H3,(H,15,16)(H,17,18). The van der Waals surface area contributed by atoms with Crippen LogP contribution in [0.4, 0.5) is 0 Å². The number of esters is 1. The first-order valence-electron chi connectivity index (χ1n) is 6.27. The Balaban J connectivity index is 1.98. The lowest BCUT2D eigenvalue weighted by Gasteiger charge is -2.01. The molecule has 6 nitrogen and oxygen atoms in total. The first-order chi connectivity index (χ1) is 10.1. The Labute approximate surface area is 125 Å². The van der Waals surface area contributed by atoms with Crippen LogP contribution < -0.4 is 0 Å². The van der Waals surface area contributed by atoms with E-state index >= 15 is 0 Å². The average molecular weight is 306 g/mol. The number of benzene rings is 1. The Kier molecular flexibility index (Phi) is 4.99. The predicted molar refractivity (Wildman–Crippen MR) is 77.5 cm³/mol. The minimum absolute atomic E-state index is 0.250. The van der Waals surface area contributed by atoms with Crippen LogP contribution in [0.25, 0.3) is 0 Å². The fourth-order valence-corrected chi connectivity index (χ4v) is 2.43. The second-order valence-corrected chi connectivity index (χ2v) is 5.08. The van der Waals surface area contributed by atoms with E-state index in [1.165, 1.54) is 18.0 Å². The van der Waals surface area contributed by atoms with Gasteiger partial charge in [-0.15, -0.1) is 0 Å². The van der Waals surface area contributed by atoms with Gasteiger partial charge in [-0.2, -0.15) is 0 Å². The van der Waals surface area contributed by atoms with Crippen molar-refractivity contribution in [1.82, 2.24) is 9.97 Å². The summed E-state index contributed by atoms with van der Waals surface area (Å²) in [4.78, 5) is 29.3. The first-order valence-corrected chi connectivity index (χ1v) is 7.26. The third-order valence-corrected chi connectivity index (χ3v) is 3.56. The molecule has 0 atom stereocenters. The molecular formula is C14H14N2O4S. The van der Waals surface area contributed by atoms with Crippen molar-refractivity contribution in [2.75, 3.05) is 6.61 Å². The lowest BCUT2D eigenvalue weighted by molar-refractivity contribution is 0.0519. The number of aromatic amines is 1. The molecule has 2 aromatic rings. The molecule has 0 saturated carbocycles. The molecular weight excluding hydrogens is 292 g/mol. The second-order valence-electron chi connectivity index (χ2n) is 4.12. The average Bonchev–Trinajstić information content (AvgIpc) is 2.95. The van der Waals surface area contributed by atoms with Crippen LogP contribution in [0, 0.1) is 0 Å². The number of carbonyl (C=O) groups is 2. The molecule has 0 bridgehead atoms. The zero-order valence-corrected chi connectivity index (χ0v) is 12.1. The highest BCUT2D eigenvalue weighted by molar-refractivity contribution is 7.98. The molecule has 1 heterocycles. The number of carboxylic acids is 1. The van der Waals surface area contributed by atoms with Gasteiger partial charge in [0.2, 0.25) is 0 Å². The predicted octanol–water partition coefficient (Wildman–Crippen LogP) is 2.58. The molecule has 0 unspecified atom stereocenters. The van der Waals surface area contributed by atoms with E-state index < -0.39 is 11.9 Å². The van der Waals surface area contributed by atoms with Gasteiger partial charge in [0.05, 0.1) is 18.4 Å². The van der Waals surface area contributed by atoms with Crippen molar-refractivity contribution in [1.29, 1.82) is 0 Å². The molecule has 1 aromatic heterocycles. The summed E-state index contributed by atoms with van der Waals surface area (Å²) in [6, 6.07) is 6.70. The van der Waals surface area contributed by atoms with E-state index in [4.69, 9.17) is 9.84 Å². The van der Waals surface area contributed by atoms with Crippen LogP contribution in [0.3, 0.4) is 0 Å². The Morgan fingerprint density at radius 3 is 2.95 bits per heavy atom. The Morgan fingerprint density at radius 1 is 1.43 bits per heavy atom. The van der Waals surface area contributed by atoms with Crippen LogP contribution in [0.5, 0.6) is 0 Å². The number of carboxylic acid groups (broad SMARTS) is 1. The van der Waals surface area contributed by atoms with Gasteiger partial charge < -0.3 is 14.8 Å². The number of nitrogens with zero attached hydrogens (tertiary/aromatic N) is 1. The Bertz CT molecular complexity index is 654. The number of thioether (sulfide) groups is 1. The molecule has 1 aromatic carbocycles. The lowest BCUT2D eigenvalue weighted by Crippen LogP contribution is -2.04. The molecule has 0 amide bonds. The zero-order chi connectivity index (χ0) is 15.2. The second kappa shape index (κ2) is 6.94. The van der Waals surface area contributed by atoms with Crippen molar-refractivity contribution in [2.24, 2.45) is 0 Å². The highest BCUT2D eigenvalue weighted by atomic mass is 32.2. The van der Waals surface area contributed by atoms with Crippen LogP contribution in [-0.4, -0.2) is 33.6 Å². The normalized spacial score (nSPS) is 10.3. The minimum atomic E-state index is -0.954. The van der Waals surface area contributed by atoms with Gasteiger partial charge in [0.1, 0.15) is 5.69 Å². The van der Waals surface area contributed by atoms with E-state index in [2.05, 4.69) is 9.97 Å². The molecule has 0 fully saturated rings. The maximum atomic E-state index is 11.5. The largest absolute Gasteiger partial charge is 0.478 e. The van der Waals surface area contributed by atoms with Crippen molar-refractivity contribution in [3.8, 4) is 0 Å². The Morgan fingerprint density at radius 2 is 2.24 bits per heavy atom. The number of nitrogens with one attached hydrogen (secondary N) is 1. The molecule has 7 heteroatoms. The van der Waals surface area contributed by atoms with E-state index in [-0.39, 0.29) is 5.56 Å². The van der Waals surface area contributed by atoms with Gasteiger partial charge in [0.25, 0.3) is 0 Å². The lowest BCUT2D eigenvalue weighted by atomic mass is 10.1. The molecule has 0 aliphatic rings. The van der Waals surface area contributed by atoms with Gasteiger partial charge in [-0.05, 0) is 24.6 Å². The van der Waals surface area contributed by atoms with Crippen molar-refractivity contribution in [2.45, 2.75) is 17.8 Å². The van der Waals surface area contributed by atoms with Crippen molar-refractivity contribution in [3.63, 3.8) is 0 Å². The summed E-state index contributed by atoms with van der Waals surface area (Å²) in [5.41, 5.74) is 1.42. The van der Waals surface area contributed by atoms with Crippen LogP contribution in [0.1, 0.15) is 33.3 Å². The maximum Gasteiger partial charge on any atom is 0.356 e. The fourth-order valence-electron chi connectivity index (χ4n) is 1.63. The smallest absolute Gasteiger partial charge is 0.356 e. The third-order valence-electron chi connectivity index (χ3n) is 2.60. The number of aromatic carboxylic acids is 1. The summed E-state index contributed by atoms with van der Waals surface area (Å²) >= 11 is 1.38. The van der Waals surface area contributed by atoms with Gasteiger partial charge >= 0.3 is 11.9 Å². The highest BCUT2D eigenvalue weighted by Gasteiger charge is 2.11. The van der Waals surface area contributed by atoms with Crippen LogP contribution in [0.2, 0.25) is 0 Å². The fraction of sp³-hybridized carbons (Fsp3) is 0.214.